The molecule has 0 aliphatic carbocycles. The summed E-state index contributed by atoms with van der Waals surface area (Å²) in [6.45, 7) is 1.89. The van der Waals surface area contributed by atoms with Gasteiger partial charge in [-0.25, -0.2) is 0 Å². The minimum Gasteiger partial charge on any atom is -0.454 e. The van der Waals surface area contributed by atoms with Gasteiger partial charge in [-0.1, -0.05) is 6.07 Å². The second kappa shape index (κ2) is 4.31. The summed E-state index contributed by atoms with van der Waals surface area (Å²) in [5.74, 6) is 1.63. The van der Waals surface area contributed by atoms with Crippen LogP contribution in [0.5, 0.6) is 11.5 Å². The molecule has 0 radical (unpaired) electrons. The second-order valence-corrected chi connectivity index (χ2v) is 3.92. The molecule has 1 aromatic carbocycles. The van der Waals surface area contributed by atoms with E-state index in [1.807, 2.05) is 18.2 Å². The van der Waals surface area contributed by atoms with Gasteiger partial charge < -0.3 is 18.9 Å². The summed E-state index contributed by atoms with van der Waals surface area (Å²) in [6.07, 6.45) is 1.63. The fourth-order valence-electron chi connectivity index (χ4n) is 1.91. The first-order valence-electron chi connectivity index (χ1n) is 5.53. The molecule has 4 nitrogen and oxygen atoms in total. The van der Waals surface area contributed by atoms with Crippen LogP contribution in [0.4, 0.5) is 0 Å². The Labute approximate surface area is 94.1 Å². The number of hydrogen-bond donors (Lipinski definition) is 0. The average Bonchev–Trinajstić information content (AvgIpc) is 2.77. The highest BCUT2D eigenvalue weighted by atomic mass is 16.7. The molecule has 0 spiro atoms. The molecule has 0 unspecified atom stereocenters. The van der Waals surface area contributed by atoms with Crippen molar-refractivity contribution in [1.29, 1.82) is 0 Å². The quantitative estimate of drug-likeness (QED) is 0.763. The molecule has 86 valence electrons. The van der Waals surface area contributed by atoms with E-state index >= 15 is 0 Å². The first-order valence-corrected chi connectivity index (χ1v) is 5.53. The van der Waals surface area contributed by atoms with E-state index in [1.54, 1.807) is 0 Å². The van der Waals surface area contributed by atoms with Gasteiger partial charge in [0.15, 0.2) is 17.8 Å². The molecule has 2 heterocycles. The minimum atomic E-state index is -0.117. The molecule has 0 N–H and O–H groups in total. The van der Waals surface area contributed by atoms with Gasteiger partial charge in [-0.3, -0.25) is 0 Å². The Morgan fingerprint density at radius 2 is 1.88 bits per heavy atom. The smallest absolute Gasteiger partial charge is 0.231 e. The molecule has 1 fully saturated rings. The van der Waals surface area contributed by atoms with Crippen LogP contribution in [0.2, 0.25) is 0 Å². The van der Waals surface area contributed by atoms with Crippen LogP contribution < -0.4 is 9.47 Å². The van der Waals surface area contributed by atoms with E-state index in [4.69, 9.17) is 18.9 Å². The van der Waals surface area contributed by atoms with E-state index in [1.165, 1.54) is 0 Å². The number of rotatable bonds is 2. The fourth-order valence-corrected chi connectivity index (χ4v) is 1.91. The van der Waals surface area contributed by atoms with Gasteiger partial charge in [0.1, 0.15) is 0 Å². The molecule has 2 aliphatic rings. The normalized spacial score (nSPS) is 20.0. The predicted octanol–water partition coefficient (Wildman–Crippen LogP) is 1.72. The van der Waals surface area contributed by atoms with E-state index in [2.05, 4.69) is 0 Å². The highest BCUT2D eigenvalue weighted by molar-refractivity contribution is 5.44. The summed E-state index contributed by atoms with van der Waals surface area (Å²) in [6, 6.07) is 5.94. The van der Waals surface area contributed by atoms with Gasteiger partial charge in [-0.05, 0) is 24.1 Å². The van der Waals surface area contributed by atoms with Crippen molar-refractivity contribution in [3.8, 4) is 11.5 Å². The Morgan fingerprint density at radius 3 is 2.75 bits per heavy atom. The molecular weight excluding hydrogens is 208 g/mol. The minimum absolute atomic E-state index is 0.117. The molecule has 3 rings (SSSR count). The number of benzene rings is 1. The maximum atomic E-state index is 5.51. The summed E-state index contributed by atoms with van der Waals surface area (Å²) < 4.78 is 21.6. The maximum absolute atomic E-state index is 5.51. The first-order chi connectivity index (χ1) is 7.92. The Bertz CT molecular complexity index is 371. The zero-order valence-electron chi connectivity index (χ0n) is 8.98. The average molecular weight is 222 g/mol. The van der Waals surface area contributed by atoms with Crippen LogP contribution in [0, 0.1) is 0 Å². The van der Waals surface area contributed by atoms with Crippen LogP contribution in [0.1, 0.15) is 12.0 Å². The predicted molar refractivity (Wildman–Crippen MR) is 56.6 cm³/mol. The van der Waals surface area contributed by atoms with E-state index in [-0.39, 0.29) is 6.29 Å². The zero-order valence-corrected chi connectivity index (χ0v) is 8.98. The molecular formula is C12H14O4. The van der Waals surface area contributed by atoms with Crippen molar-refractivity contribution < 1.29 is 18.9 Å². The largest absolute Gasteiger partial charge is 0.454 e. The Balaban J connectivity index is 1.69. The van der Waals surface area contributed by atoms with Crippen LogP contribution in [-0.2, 0) is 15.9 Å². The zero-order chi connectivity index (χ0) is 10.8. The number of hydrogen-bond acceptors (Lipinski definition) is 4. The lowest BCUT2D eigenvalue weighted by molar-refractivity contribution is -0.176. The first kappa shape index (κ1) is 9.93. The van der Waals surface area contributed by atoms with Crippen molar-refractivity contribution in [1.82, 2.24) is 0 Å². The van der Waals surface area contributed by atoms with Crippen LogP contribution >= 0.6 is 0 Å². The molecule has 0 aromatic heterocycles. The van der Waals surface area contributed by atoms with Gasteiger partial charge in [0, 0.05) is 6.42 Å². The molecule has 16 heavy (non-hydrogen) atoms. The van der Waals surface area contributed by atoms with E-state index in [0.717, 1.165) is 43.1 Å². The van der Waals surface area contributed by atoms with Crippen molar-refractivity contribution in [2.24, 2.45) is 0 Å². The second-order valence-electron chi connectivity index (χ2n) is 3.92. The summed E-state index contributed by atoms with van der Waals surface area (Å²) in [7, 11) is 0. The third kappa shape index (κ3) is 1.99. The molecule has 0 saturated carbocycles. The molecule has 0 amide bonds. The lowest BCUT2D eigenvalue weighted by Crippen LogP contribution is -2.26. The highest BCUT2D eigenvalue weighted by Gasteiger charge is 2.18. The van der Waals surface area contributed by atoms with Crippen molar-refractivity contribution in [2.45, 2.75) is 19.1 Å². The van der Waals surface area contributed by atoms with Gasteiger partial charge in [0.05, 0.1) is 13.2 Å². The van der Waals surface area contributed by atoms with Crippen molar-refractivity contribution in [3.63, 3.8) is 0 Å². The van der Waals surface area contributed by atoms with Crippen molar-refractivity contribution in [3.05, 3.63) is 23.8 Å². The molecule has 1 saturated heterocycles. The third-order valence-corrected chi connectivity index (χ3v) is 2.74. The van der Waals surface area contributed by atoms with Crippen LogP contribution in [0.25, 0.3) is 0 Å². The van der Waals surface area contributed by atoms with Gasteiger partial charge in [-0.15, -0.1) is 0 Å². The maximum Gasteiger partial charge on any atom is 0.231 e. The standard InChI is InChI=1S/C12H14O4/c1-4-13-12(14-5-1)7-9-2-3-10-11(6-9)16-8-15-10/h2-3,6,12H,1,4-5,7-8H2. The van der Waals surface area contributed by atoms with E-state index in [0.29, 0.717) is 6.79 Å². The Morgan fingerprint density at radius 1 is 1.06 bits per heavy atom. The monoisotopic (exact) mass is 222 g/mol. The van der Waals surface area contributed by atoms with E-state index < -0.39 is 0 Å². The van der Waals surface area contributed by atoms with Gasteiger partial charge >= 0.3 is 0 Å². The molecule has 2 aliphatic heterocycles. The molecule has 0 atom stereocenters. The lowest BCUT2D eigenvalue weighted by Gasteiger charge is -2.23. The van der Waals surface area contributed by atoms with Gasteiger partial charge in [-0.2, -0.15) is 0 Å². The fraction of sp³-hybridized carbons (Fsp3) is 0.500. The van der Waals surface area contributed by atoms with Gasteiger partial charge in [0.2, 0.25) is 6.79 Å². The lowest BCUT2D eigenvalue weighted by atomic mass is 10.1. The van der Waals surface area contributed by atoms with Crippen LogP contribution in [-0.4, -0.2) is 26.3 Å². The van der Waals surface area contributed by atoms with Gasteiger partial charge in [0.25, 0.3) is 0 Å². The SMILES string of the molecule is c1cc2c(cc1CC1OCCCO1)OCO2. The number of ether oxygens (including phenoxy) is 4. The van der Waals surface area contributed by atoms with E-state index in [9.17, 15) is 0 Å². The van der Waals surface area contributed by atoms with Crippen molar-refractivity contribution >= 4 is 0 Å². The molecule has 1 aromatic rings. The van der Waals surface area contributed by atoms with Crippen LogP contribution in [0.3, 0.4) is 0 Å². The topological polar surface area (TPSA) is 36.9 Å². The Kier molecular flexibility index (Phi) is 2.68. The summed E-state index contributed by atoms with van der Waals surface area (Å²) in [5.41, 5.74) is 1.15. The summed E-state index contributed by atoms with van der Waals surface area (Å²) in [4.78, 5) is 0. The van der Waals surface area contributed by atoms with Crippen LogP contribution in [0.15, 0.2) is 18.2 Å². The highest BCUT2D eigenvalue weighted by Crippen LogP contribution is 2.33. The molecule has 0 bridgehead atoms. The Hall–Kier alpha value is -1.26. The summed E-state index contributed by atoms with van der Waals surface area (Å²) >= 11 is 0. The van der Waals surface area contributed by atoms with Crippen molar-refractivity contribution in [2.75, 3.05) is 20.0 Å². The summed E-state index contributed by atoms with van der Waals surface area (Å²) in [5, 5.41) is 0. The third-order valence-electron chi connectivity index (χ3n) is 2.74. The molecule has 4 heteroatoms. The number of fused-ring (bicyclic) bond motifs is 1.